The number of nitrogens with one attached hydrogen (secondary N) is 1. The van der Waals surface area contributed by atoms with E-state index in [1.807, 2.05) is 6.07 Å². The molecule has 5 heteroatoms. The van der Waals surface area contributed by atoms with Gasteiger partial charge < -0.3 is 15.8 Å². The molecule has 1 amide bonds. The van der Waals surface area contributed by atoms with Gasteiger partial charge in [0.1, 0.15) is 5.75 Å². The standard InChI is InChI=1S/C24H27BrN2O2/c1-29-22-5-2-17(9-20(22)26)23(28)27-21-4-3-18(10-19(21)25)24-11-14-6-15(12-24)8-16(7-14)13-24/h2-5,9-10,14-16H,6-8,11-13,26H2,1H3,(H,27,28). The van der Waals surface area contributed by atoms with Crippen molar-refractivity contribution in [2.24, 2.45) is 17.8 Å². The predicted molar refractivity (Wildman–Crippen MR) is 119 cm³/mol. The molecule has 4 nitrogen and oxygen atoms in total. The molecule has 4 aliphatic carbocycles. The van der Waals surface area contributed by atoms with Crippen molar-refractivity contribution in [1.29, 1.82) is 0 Å². The first kappa shape index (κ1) is 19.0. The molecule has 0 radical (unpaired) electrons. The molecule has 2 aromatic carbocycles. The van der Waals surface area contributed by atoms with Crippen LogP contribution in [0, 0.1) is 17.8 Å². The van der Waals surface area contributed by atoms with Crippen molar-refractivity contribution in [2.45, 2.75) is 43.9 Å². The second kappa shape index (κ2) is 7.05. The van der Waals surface area contributed by atoms with Gasteiger partial charge >= 0.3 is 0 Å². The highest BCUT2D eigenvalue weighted by Crippen LogP contribution is 2.61. The Balaban J connectivity index is 1.36. The summed E-state index contributed by atoms with van der Waals surface area (Å²) in [6.07, 6.45) is 8.34. The van der Waals surface area contributed by atoms with Crippen molar-refractivity contribution >= 4 is 33.2 Å². The van der Waals surface area contributed by atoms with Crippen molar-refractivity contribution < 1.29 is 9.53 Å². The van der Waals surface area contributed by atoms with Gasteiger partial charge in [0.25, 0.3) is 5.91 Å². The number of rotatable bonds is 4. The fourth-order valence-corrected chi connectivity index (χ4v) is 6.96. The Morgan fingerprint density at radius 2 is 1.72 bits per heavy atom. The van der Waals surface area contributed by atoms with E-state index in [4.69, 9.17) is 10.5 Å². The third-order valence-electron chi connectivity index (χ3n) is 7.36. The van der Waals surface area contributed by atoms with Crippen LogP contribution in [0.3, 0.4) is 0 Å². The van der Waals surface area contributed by atoms with E-state index in [0.717, 1.165) is 27.9 Å². The van der Waals surface area contributed by atoms with Crippen LogP contribution in [-0.2, 0) is 5.41 Å². The normalized spacial score (nSPS) is 29.7. The third-order valence-corrected chi connectivity index (χ3v) is 8.02. The lowest BCUT2D eigenvalue weighted by molar-refractivity contribution is -0.00520. The Bertz CT molecular complexity index is 936. The van der Waals surface area contributed by atoms with Gasteiger partial charge in [-0.25, -0.2) is 0 Å². The number of benzene rings is 2. The van der Waals surface area contributed by atoms with Crippen molar-refractivity contribution in [3.05, 3.63) is 52.0 Å². The van der Waals surface area contributed by atoms with Gasteiger partial charge in [-0.2, -0.15) is 0 Å². The lowest BCUT2D eigenvalue weighted by Gasteiger charge is -2.57. The van der Waals surface area contributed by atoms with E-state index >= 15 is 0 Å². The van der Waals surface area contributed by atoms with Crippen LogP contribution in [0.1, 0.15) is 54.4 Å². The number of carbonyl (C=O) groups excluding carboxylic acids is 1. The van der Waals surface area contributed by atoms with Crippen molar-refractivity contribution in [2.75, 3.05) is 18.2 Å². The Kier molecular flexibility index (Phi) is 4.61. The number of halogens is 1. The molecular weight excluding hydrogens is 428 g/mol. The molecular formula is C24H27BrN2O2. The number of anilines is 2. The highest BCUT2D eigenvalue weighted by molar-refractivity contribution is 9.10. The van der Waals surface area contributed by atoms with Crippen LogP contribution in [0.15, 0.2) is 40.9 Å². The van der Waals surface area contributed by atoms with Crippen molar-refractivity contribution in [1.82, 2.24) is 0 Å². The molecule has 3 N–H and O–H groups in total. The van der Waals surface area contributed by atoms with Gasteiger partial charge in [-0.05, 0) is 114 Å². The Labute approximate surface area is 180 Å². The number of nitrogens with two attached hydrogens (primary N) is 1. The summed E-state index contributed by atoms with van der Waals surface area (Å²) in [7, 11) is 1.56. The molecule has 0 unspecified atom stereocenters. The lowest BCUT2D eigenvalue weighted by atomic mass is 9.48. The lowest BCUT2D eigenvalue weighted by Crippen LogP contribution is -2.48. The summed E-state index contributed by atoms with van der Waals surface area (Å²) >= 11 is 3.71. The molecule has 0 spiro atoms. The van der Waals surface area contributed by atoms with E-state index < -0.39 is 0 Å². The van der Waals surface area contributed by atoms with E-state index in [1.54, 1.807) is 25.3 Å². The molecule has 152 valence electrons. The van der Waals surface area contributed by atoms with Gasteiger partial charge in [0.15, 0.2) is 0 Å². The summed E-state index contributed by atoms with van der Waals surface area (Å²) in [5, 5.41) is 3.01. The molecule has 0 aliphatic heterocycles. The second-order valence-electron chi connectivity index (χ2n) is 9.30. The summed E-state index contributed by atoms with van der Waals surface area (Å²) in [5.41, 5.74) is 9.49. The summed E-state index contributed by atoms with van der Waals surface area (Å²) in [5.74, 6) is 3.14. The molecule has 6 rings (SSSR count). The van der Waals surface area contributed by atoms with E-state index in [2.05, 4.69) is 33.4 Å². The summed E-state index contributed by atoms with van der Waals surface area (Å²) in [6, 6.07) is 11.6. The number of ether oxygens (including phenoxy) is 1. The third kappa shape index (κ3) is 3.33. The topological polar surface area (TPSA) is 64.3 Å². The largest absolute Gasteiger partial charge is 0.495 e. The maximum absolute atomic E-state index is 12.7. The maximum atomic E-state index is 12.7. The molecule has 4 aliphatic rings. The Hall–Kier alpha value is -2.01. The molecule has 2 aromatic rings. The van der Waals surface area contributed by atoms with E-state index in [0.29, 0.717) is 22.4 Å². The first-order valence-corrected chi connectivity index (χ1v) is 11.3. The highest BCUT2D eigenvalue weighted by Gasteiger charge is 2.51. The average Bonchev–Trinajstić information content (AvgIpc) is 2.68. The zero-order valence-corrected chi connectivity index (χ0v) is 18.3. The minimum Gasteiger partial charge on any atom is -0.495 e. The molecule has 4 bridgehead atoms. The van der Waals surface area contributed by atoms with Gasteiger partial charge in [0.2, 0.25) is 0 Å². The average molecular weight is 455 g/mol. The number of nitrogen functional groups attached to an aromatic ring is 1. The first-order valence-electron chi connectivity index (χ1n) is 10.5. The van der Waals surface area contributed by atoms with Crippen LogP contribution in [0.25, 0.3) is 0 Å². The van der Waals surface area contributed by atoms with Gasteiger partial charge in [-0.1, -0.05) is 6.07 Å². The van der Waals surface area contributed by atoms with Crippen LogP contribution < -0.4 is 15.8 Å². The fourth-order valence-electron chi connectivity index (χ4n) is 6.48. The van der Waals surface area contributed by atoms with Gasteiger partial charge in [-0.3, -0.25) is 4.79 Å². The monoisotopic (exact) mass is 454 g/mol. The smallest absolute Gasteiger partial charge is 0.255 e. The number of amides is 1. The van der Waals surface area contributed by atoms with E-state index in [-0.39, 0.29) is 5.91 Å². The molecule has 0 saturated heterocycles. The number of carbonyl (C=O) groups is 1. The van der Waals surface area contributed by atoms with Gasteiger partial charge in [0.05, 0.1) is 18.5 Å². The first-order chi connectivity index (χ1) is 14.0. The zero-order valence-electron chi connectivity index (χ0n) is 16.7. The molecule has 4 saturated carbocycles. The maximum Gasteiger partial charge on any atom is 0.255 e. The quantitative estimate of drug-likeness (QED) is 0.577. The summed E-state index contributed by atoms with van der Waals surface area (Å²) in [4.78, 5) is 12.7. The minimum absolute atomic E-state index is 0.178. The summed E-state index contributed by atoms with van der Waals surface area (Å²) in [6.45, 7) is 0. The zero-order chi connectivity index (χ0) is 20.2. The molecule has 0 aromatic heterocycles. The molecule has 4 fully saturated rings. The number of methoxy groups -OCH3 is 1. The second-order valence-corrected chi connectivity index (χ2v) is 10.2. The molecule has 29 heavy (non-hydrogen) atoms. The SMILES string of the molecule is COc1ccc(C(=O)Nc2ccc(C34CC5CC(CC(C5)C3)C4)cc2Br)cc1N. The van der Waals surface area contributed by atoms with Crippen LogP contribution in [0.4, 0.5) is 11.4 Å². The molecule has 0 heterocycles. The minimum atomic E-state index is -0.178. The fraction of sp³-hybridized carbons (Fsp3) is 0.458. The van der Waals surface area contributed by atoms with Crippen LogP contribution in [-0.4, -0.2) is 13.0 Å². The van der Waals surface area contributed by atoms with Crippen LogP contribution >= 0.6 is 15.9 Å². The van der Waals surface area contributed by atoms with Gasteiger partial charge in [-0.15, -0.1) is 0 Å². The van der Waals surface area contributed by atoms with E-state index in [9.17, 15) is 4.79 Å². The van der Waals surface area contributed by atoms with E-state index in [1.165, 1.54) is 44.1 Å². The molecule has 0 atom stereocenters. The van der Waals surface area contributed by atoms with Crippen LogP contribution in [0.5, 0.6) is 5.75 Å². The highest BCUT2D eigenvalue weighted by atomic mass is 79.9. The Morgan fingerprint density at radius 1 is 1.07 bits per heavy atom. The Morgan fingerprint density at radius 3 is 2.28 bits per heavy atom. The van der Waals surface area contributed by atoms with Gasteiger partial charge in [0, 0.05) is 10.0 Å². The predicted octanol–water partition coefficient (Wildman–Crippen LogP) is 5.76. The number of hydrogen-bond acceptors (Lipinski definition) is 3. The van der Waals surface area contributed by atoms with Crippen molar-refractivity contribution in [3.63, 3.8) is 0 Å². The van der Waals surface area contributed by atoms with Crippen molar-refractivity contribution in [3.8, 4) is 5.75 Å². The van der Waals surface area contributed by atoms with Crippen LogP contribution in [0.2, 0.25) is 0 Å². The number of hydrogen-bond donors (Lipinski definition) is 2. The summed E-state index contributed by atoms with van der Waals surface area (Å²) < 4.78 is 6.11.